The van der Waals surface area contributed by atoms with E-state index in [1.165, 1.54) is 0 Å². The topological polar surface area (TPSA) is 55.8 Å². The van der Waals surface area contributed by atoms with E-state index < -0.39 is 12.1 Å². The predicted octanol–water partition coefficient (Wildman–Crippen LogP) is 0.903. The molecule has 0 aromatic heterocycles. The van der Waals surface area contributed by atoms with Gasteiger partial charge in [-0.3, -0.25) is 0 Å². The molecule has 2 atom stereocenters. The minimum Gasteiger partial charge on any atom is -0.479 e. The van der Waals surface area contributed by atoms with Gasteiger partial charge >= 0.3 is 5.97 Å². The van der Waals surface area contributed by atoms with E-state index in [2.05, 4.69) is 0 Å². The lowest BCUT2D eigenvalue weighted by Gasteiger charge is -2.15. The lowest BCUT2D eigenvalue weighted by atomic mass is 10.1. The van der Waals surface area contributed by atoms with Crippen molar-refractivity contribution in [1.29, 1.82) is 0 Å². The third kappa shape index (κ3) is 2.45. The molecule has 0 radical (unpaired) electrons. The molecule has 2 rings (SSSR count). The molecule has 4 nitrogen and oxygen atoms in total. The van der Waals surface area contributed by atoms with Crippen molar-refractivity contribution < 1.29 is 19.4 Å². The number of rotatable bonds is 5. The molecule has 0 amide bonds. The summed E-state index contributed by atoms with van der Waals surface area (Å²) in [5.74, 6) is -0.156. The Morgan fingerprint density at radius 2 is 2.29 bits per heavy atom. The molecule has 80 valence electrons. The Balaban J connectivity index is 1.73. The standard InChI is InChI=1S/C10H16O4/c11-10(12)9(8-1-2-8)14-6-7-3-4-13-5-7/h7-9H,1-6H2,(H,11,12). The summed E-state index contributed by atoms with van der Waals surface area (Å²) < 4.78 is 10.6. The zero-order valence-corrected chi connectivity index (χ0v) is 8.15. The zero-order chi connectivity index (χ0) is 9.97. The van der Waals surface area contributed by atoms with Crippen molar-refractivity contribution in [3.8, 4) is 0 Å². The highest BCUT2D eigenvalue weighted by Gasteiger charge is 2.37. The van der Waals surface area contributed by atoms with Crippen LogP contribution in [0.3, 0.4) is 0 Å². The Morgan fingerprint density at radius 1 is 1.50 bits per heavy atom. The van der Waals surface area contributed by atoms with Gasteiger partial charge in [-0.05, 0) is 25.2 Å². The molecule has 1 heterocycles. The van der Waals surface area contributed by atoms with Crippen LogP contribution in [0.15, 0.2) is 0 Å². The van der Waals surface area contributed by atoms with Crippen LogP contribution in [0.1, 0.15) is 19.3 Å². The Kier molecular flexibility index (Phi) is 3.03. The van der Waals surface area contributed by atoms with Gasteiger partial charge < -0.3 is 14.6 Å². The van der Waals surface area contributed by atoms with Gasteiger partial charge in [-0.2, -0.15) is 0 Å². The molecule has 1 saturated carbocycles. The largest absolute Gasteiger partial charge is 0.479 e. The number of hydrogen-bond acceptors (Lipinski definition) is 3. The van der Waals surface area contributed by atoms with Crippen LogP contribution in [0.2, 0.25) is 0 Å². The van der Waals surface area contributed by atoms with Crippen molar-refractivity contribution >= 4 is 5.97 Å². The van der Waals surface area contributed by atoms with Gasteiger partial charge in [-0.25, -0.2) is 4.79 Å². The number of carbonyl (C=O) groups is 1. The minimum absolute atomic E-state index is 0.259. The number of carboxylic acids is 1. The van der Waals surface area contributed by atoms with Gasteiger partial charge in [0, 0.05) is 12.5 Å². The summed E-state index contributed by atoms with van der Waals surface area (Å²) in [7, 11) is 0. The molecule has 0 aromatic carbocycles. The number of aliphatic carboxylic acids is 1. The van der Waals surface area contributed by atoms with E-state index in [0.717, 1.165) is 32.5 Å². The average Bonchev–Trinajstić information content (AvgIpc) is 2.82. The fourth-order valence-corrected chi connectivity index (χ4v) is 1.76. The molecule has 2 unspecified atom stereocenters. The van der Waals surface area contributed by atoms with E-state index in [0.29, 0.717) is 12.5 Å². The second-order valence-corrected chi connectivity index (χ2v) is 4.16. The van der Waals surface area contributed by atoms with Gasteiger partial charge in [0.2, 0.25) is 0 Å². The quantitative estimate of drug-likeness (QED) is 0.716. The molecular weight excluding hydrogens is 184 g/mol. The van der Waals surface area contributed by atoms with Gasteiger partial charge in [0.05, 0.1) is 13.2 Å². The maximum absolute atomic E-state index is 10.8. The van der Waals surface area contributed by atoms with E-state index in [1.807, 2.05) is 0 Å². The second-order valence-electron chi connectivity index (χ2n) is 4.16. The van der Waals surface area contributed by atoms with Gasteiger partial charge in [-0.1, -0.05) is 0 Å². The van der Waals surface area contributed by atoms with E-state index in [9.17, 15) is 4.79 Å². The first-order valence-corrected chi connectivity index (χ1v) is 5.19. The average molecular weight is 200 g/mol. The van der Waals surface area contributed by atoms with Crippen molar-refractivity contribution in [1.82, 2.24) is 0 Å². The van der Waals surface area contributed by atoms with E-state index in [4.69, 9.17) is 14.6 Å². The molecule has 0 aromatic rings. The highest BCUT2D eigenvalue weighted by molar-refractivity contribution is 5.73. The van der Waals surface area contributed by atoms with Gasteiger partial charge in [0.15, 0.2) is 6.10 Å². The van der Waals surface area contributed by atoms with E-state index in [-0.39, 0.29) is 5.92 Å². The highest BCUT2D eigenvalue weighted by Crippen LogP contribution is 2.34. The molecule has 2 fully saturated rings. The first-order valence-electron chi connectivity index (χ1n) is 5.19. The number of carboxylic acid groups (broad SMARTS) is 1. The first kappa shape index (κ1) is 9.93. The maximum Gasteiger partial charge on any atom is 0.333 e. The predicted molar refractivity (Wildman–Crippen MR) is 49.0 cm³/mol. The van der Waals surface area contributed by atoms with Crippen LogP contribution < -0.4 is 0 Å². The summed E-state index contributed by atoms with van der Waals surface area (Å²) in [5.41, 5.74) is 0. The van der Waals surface area contributed by atoms with Crippen molar-refractivity contribution in [3.05, 3.63) is 0 Å². The maximum atomic E-state index is 10.8. The number of ether oxygens (including phenoxy) is 2. The van der Waals surface area contributed by atoms with E-state index in [1.54, 1.807) is 0 Å². The van der Waals surface area contributed by atoms with Crippen LogP contribution in [0.4, 0.5) is 0 Å². The van der Waals surface area contributed by atoms with Crippen molar-refractivity contribution in [2.24, 2.45) is 11.8 Å². The van der Waals surface area contributed by atoms with Crippen molar-refractivity contribution in [2.45, 2.75) is 25.4 Å². The lowest BCUT2D eigenvalue weighted by Crippen LogP contribution is -2.28. The van der Waals surface area contributed by atoms with E-state index >= 15 is 0 Å². The van der Waals surface area contributed by atoms with Crippen LogP contribution in [0, 0.1) is 11.8 Å². The minimum atomic E-state index is -0.814. The molecule has 14 heavy (non-hydrogen) atoms. The molecule has 1 saturated heterocycles. The molecule has 2 aliphatic rings. The van der Waals surface area contributed by atoms with Gasteiger partial charge in [0.25, 0.3) is 0 Å². The smallest absolute Gasteiger partial charge is 0.333 e. The Morgan fingerprint density at radius 3 is 2.79 bits per heavy atom. The van der Waals surface area contributed by atoms with Crippen LogP contribution >= 0.6 is 0 Å². The molecule has 0 bridgehead atoms. The van der Waals surface area contributed by atoms with Gasteiger partial charge in [0.1, 0.15) is 0 Å². The van der Waals surface area contributed by atoms with Crippen LogP contribution in [-0.2, 0) is 14.3 Å². The summed E-state index contributed by atoms with van der Waals surface area (Å²) in [4.78, 5) is 10.8. The van der Waals surface area contributed by atoms with Gasteiger partial charge in [-0.15, -0.1) is 0 Å². The fourth-order valence-electron chi connectivity index (χ4n) is 1.76. The monoisotopic (exact) mass is 200 g/mol. The first-order chi connectivity index (χ1) is 6.77. The number of hydrogen-bond donors (Lipinski definition) is 1. The third-order valence-corrected chi connectivity index (χ3v) is 2.83. The van der Waals surface area contributed by atoms with Crippen LogP contribution in [-0.4, -0.2) is 37.0 Å². The summed E-state index contributed by atoms with van der Waals surface area (Å²) in [6, 6.07) is 0. The Hall–Kier alpha value is -0.610. The SMILES string of the molecule is O=C(O)C(OCC1CCOC1)C1CC1. The van der Waals surface area contributed by atoms with Crippen LogP contribution in [0.5, 0.6) is 0 Å². The molecule has 1 N–H and O–H groups in total. The Labute approximate surface area is 83.2 Å². The second kappa shape index (κ2) is 4.28. The molecule has 1 aliphatic heterocycles. The van der Waals surface area contributed by atoms with Crippen molar-refractivity contribution in [2.75, 3.05) is 19.8 Å². The summed E-state index contributed by atoms with van der Waals surface area (Å²) in [6.45, 7) is 2.04. The fraction of sp³-hybridized carbons (Fsp3) is 0.900. The zero-order valence-electron chi connectivity index (χ0n) is 8.15. The third-order valence-electron chi connectivity index (χ3n) is 2.83. The normalized spacial score (nSPS) is 29.0. The lowest BCUT2D eigenvalue weighted by molar-refractivity contribution is -0.152. The summed E-state index contributed by atoms with van der Waals surface area (Å²) in [6.07, 6.45) is 2.42. The summed E-state index contributed by atoms with van der Waals surface area (Å²) in [5, 5.41) is 8.90. The van der Waals surface area contributed by atoms with Crippen molar-refractivity contribution in [3.63, 3.8) is 0 Å². The highest BCUT2D eigenvalue weighted by atomic mass is 16.5. The molecule has 4 heteroatoms. The molecule has 1 aliphatic carbocycles. The Bertz CT molecular complexity index is 206. The molecule has 0 spiro atoms. The molecular formula is C10H16O4. The summed E-state index contributed by atoms with van der Waals surface area (Å²) >= 11 is 0. The van der Waals surface area contributed by atoms with Crippen LogP contribution in [0.25, 0.3) is 0 Å².